The predicted molar refractivity (Wildman–Crippen MR) is 97.7 cm³/mol. The Hall–Kier alpha value is -2.12. The van der Waals surface area contributed by atoms with Gasteiger partial charge >= 0.3 is 0 Å². The second kappa shape index (κ2) is 7.25. The molecule has 1 fully saturated rings. The summed E-state index contributed by atoms with van der Waals surface area (Å²) in [6.45, 7) is 4.21. The van der Waals surface area contributed by atoms with Crippen molar-refractivity contribution in [1.82, 2.24) is 24.9 Å². The van der Waals surface area contributed by atoms with E-state index >= 15 is 0 Å². The van der Waals surface area contributed by atoms with Crippen LogP contribution in [0.5, 0.6) is 0 Å². The molecule has 0 bridgehead atoms. The molecule has 2 aromatic heterocycles. The van der Waals surface area contributed by atoms with Crippen molar-refractivity contribution >= 4 is 5.91 Å². The number of rotatable bonds is 4. The molecule has 0 saturated carbocycles. The van der Waals surface area contributed by atoms with Gasteiger partial charge in [-0.05, 0) is 39.4 Å². The first kappa shape index (κ1) is 17.3. The van der Waals surface area contributed by atoms with Gasteiger partial charge in [0, 0.05) is 49.9 Å². The summed E-state index contributed by atoms with van der Waals surface area (Å²) in [7, 11) is 4.23. The standard InChI is InChI=1S/C19H27N5O2/c1-22(2)15-3-8-24(9-4-15)19(25)18-16-5-7-23(12-17(16)20-21-18)11-14-6-10-26-13-14/h6,10,13,15H,3-5,7-9,11-12H2,1-2H3,(H,20,21). The molecule has 2 aliphatic heterocycles. The largest absolute Gasteiger partial charge is 0.472 e. The van der Waals surface area contributed by atoms with Gasteiger partial charge in [0.15, 0.2) is 5.69 Å². The molecule has 0 spiro atoms. The Bertz CT molecular complexity index is 744. The van der Waals surface area contributed by atoms with E-state index < -0.39 is 0 Å². The van der Waals surface area contributed by atoms with Crippen molar-refractivity contribution in [2.75, 3.05) is 33.7 Å². The van der Waals surface area contributed by atoms with Crippen LogP contribution in [0.1, 0.15) is 40.2 Å². The van der Waals surface area contributed by atoms with Gasteiger partial charge in [-0.1, -0.05) is 0 Å². The minimum atomic E-state index is 0.0861. The Balaban J connectivity index is 1.41. The molecule has 4 rings (SSSR count). The van der Waals surface area contributed by atoms with Crippen LogP contribution in [-0.2, 0) is 19.5 Å². The first-order valence-electron chi connectivity index (χ1n) is 9.37. The molecule has 1 N–H and O–H groups in total. The number of hydrogen-bond donors (Lipinski definition) is 1. The number of H-pyrrole nitrogens is 1. The van der Waals surface area contributed by atoms with Crippen LogP contribution in [0.3, 0.4) is 0 Å². The van der Waals surface area contributed by atoms with Crippen molar-refractivity contribution in [3.8, 4) is 0 Å². The fourth-order valence-corrected chi connectivity index (χ4v) is 4.06. The van der Waals surface area contributed by atoms with E-state index in [0.717, 1.165) is 63.2 Å². The highest BCUT2D eigenvalue weighted by Crippen LogP contribution is 2.24. The molecule has 2 aromatic rings. The number of piperidine rings is 1. The van der Waals surface area contributed by atoms with Gasteiger partial charge in [0.05, 0.1) is 18.2 Å². The van der Waals surface area contributed by atoms with Gasteiger partial charge in [0.2, 0.25) is 0 Å². The van der Waals surface area contributed by atoms with Crippen molar-refractivity contribution in [3.63, 3.8) is 0 Å². The maximum atomic E-state index is 13.0. The molecule has 7 nitrogen and oxygen atoms in total. The molecule has 0 atom stereocenters. The maximum Gasteiger partial charge on any atom is 0.274 e. The van der Waals surface area contributed by atoms with Crippen LogP contribution in [0.15, 0.2) is 23.0 Å². The smallest absolute Gasteiger partial charge is 0.274 e. The summed E-state index contributed by atoms with van der Waals surface area (Å²) in [5.41, 5.74) is 3.98. The topological polar surface area (TPSA) is 68.6 Å². The summed E-state index contributed by atoms with van der Waals surface area (Å²) in [4.78, 5) is 19.5. The molecule has 0 aromatic carbocycles. The molecule has 4 heterocycles. The highest BCUT2D eigenvalue weighted by Gasteiger charge is 2.30. The Morgan fingerprint density at radius 2 is 2.15 bits per heavy atom. The summed E-state index contributed by atoms with van der Waals surface area (Å²) in [6.07, 6.45) is 6.42. The quantitative estimate of drug-likeness (QED) is 0.902. The van der Waals surface area contributed by atoms with Crippen LogP contribution in [0.4, 0.5) is 0 Å². The third kappa shape index (κ3) is 3.41. The molecular weight excluding hydrogens is 330 g/mol. The zero-order valence-corrected chi connectivity index (χ0v) is 15.6. The van der Waals surface area contributed by atoms with Crippen molar-refractivity contribution in [1.29, 1.82) is 0 Å². The summed E-state index contributed by atoms with van der Waals surface area (Å²) < 4.78 is 5.15. The molecule has 0 aliphatic carbocycles. The first-order chi connectivity index (χ1) is 12.6. The number of carbonyl (C=O) groups is 1. The van der Waals surface area contributed by atoms with Gasteiger partial charge in [-0.25, -0.2) is 0 Å². The molecule has 0 radical (unpaired) electrons. The highest BCUT2D eigenvalue weighted by molar-refractivity contribution is 5.94. The zero-order chi connectivity index (χ0) is 18.1. The van der Waals surface area contributed by atoms with Crippen molar-refractivity contribution in [2.45, 2.75) is 38.4 Å². The summed E-state index contributed by atoms with van der Waals surface area (Å²) >= 11 is 0. The third-order valence-corrected chi connectivity index (χ3v) is 5.68. The second-order valence-electron chi connectivity index (χ2n) is 7.61. The maximum absolute atomic E-state index is 13.0. The Morgan fingerprint density at radius 1 is 1.35 bits per heavy atom. The van der Waals surface area contributed by atoms with Crippen molar-refractivity contribution in [2.24, 2.45) is 0 Å². The van der Waals surface area contributed by atoms with Crippen LogP contribution >= 0.6 is 0 Å². The molecule has 26 heavy (non-hydrogen) atoms. The van der Waals surface area contributed by atoms with Crippen LogP contribution < -0.4 is 0 Å². The second-order valence-corrected chi connectivity index (χ2v) is 7.61. The molecule has 140 valence electrons. The lowest BCUT2D eigenvalue weighted by molar-refractivity contribution is 0.0656. The normalized spacial score (nSPS) is 19.1. The van der Waals surface area contributed by atoms with Gasteiger partial charge in [-0.15, -0.1) is 0 Å². The number of carbonyl (C=O) groups excluding carboxylic acids is 1. The number of aromatic nitrogens is 2. The number of nitrogens with one attached hydrogen (secondary N) is 1. The van der Waals surface area contributed by atoms with Crippen LogP contribution in [0.2, 0.25) is 0 Å². The number of nitrogens with zero attached hydrogens (tertiary/aromatic N) is 4. The number of fused-ring (bicyclic) bond motifs is 1. The molecule has 2 aliphatic rings. The van der Waals surface area contributed by atoms with Crippen LogP contribution in [0.25, 0.3) is 0 Å². The van der Waals surface area contributed by atoms with Gasteiger partial charge in [-0.3, -0.25) is 14.8 Å². The molecular formula is C19H27N5O2. The Kier molecular flexibility index (Phi) is 4.82. The lowest BCUT2D eigenvalue weighted by Gasteiger charge is -2.35. The monoisotopic (exact) mass is 357 g/mol. The predicted octanol–water partition coefficient (Wildman–Crippen LogP) is 1.73. The first-order valence-corrected chi connectivity index (χ1v) is 9.37. The minimum Gasteiger partial charge on any atom is -0.472 e. The average Bonchev–Trinajstić information content (AvgIpc) is 3.30. The summed E-state index contributed by atoms with van der Waals surface area (Å²) in [5, 5.41) is 7.50. The fourth-order valence-electron chi connectivity index (χ4n) is 4.06. The van der Waals surface area contributed by atoms with Gasteiger partial charge in [0.1, 0.15) is 0 Å². The lowest BCUT2D eigenvalue weighted by Crippen LogP contribution is -2.44. The fraction of sp³-hybridized carbons (Fsp3) is 0.579. The zero-order valence-electron chi connectivity index (χ0n) is 15.6. The Labute approximate surface area is 153 Å². The van der Waals surface area contributed by atoms with E-state index in [1.807, 2.05) is 11.0 Å². The summed E-state index contributed by atoms with van der Waals surface area (Å²) in [5.74, 6) is 0.0861. The van der Waals surface area contributed by atoms with E-state index in [1.54, 1.807) is 12.5 Å². The van der Waals surface area contributed by atoms with Gasteiger partial charge < -0.3 is 14.2 Å². The van der Waals surface area contributed by atoms with E-state index in [2.05, 4.69) is 34.1 Å². The lowest BCUT2D eigenvalue weighted by atomic mass is 10.0. The van der Waals surface area contributed by atoms with E-state index in [1.165, 1.54) is 5.56 Å². The van der Waals surface area contributed by atoms with Gasteiger partial charge in [-0.2, -0.15) is 5.10 Å². The van der Waals surface area contributed by atoms with Crippen molar-refractivity contribution in [3.05, 3.63) is 41.1 Å². The van der Waals surface area contributed by atoms with Crippen molar-refractivity contribution < 1.29 is 9.21 Å². The molecule has 1 saturated heterocycles. The van der Waals surface area contributed by atoms with E-state index in [4.69, 9.17) is 4.42 Å². The SMILES string of the molecule is CN(C)C1CCN(C(=O)c2n[nH]c3c2CCN(Cc2ccoc2)C3)CC1. The van der Waals surface area contributed by atoms with E-state index in [9.17, 15) is 4.79 Å². The van der Waals surface area contributed by atoms with Crippen LogP contribution in [-0.4, -0.2) is 70.6 Å². The number of furan rings is 1. The summed E-state index contributed by atoms with van der Waals surface area (Å²) in [6, 6.07) is 2.57. The van der Waals surface area contributed by atoms with Crippen LogP contribution in [0, 0.1) is 0 Å². The number of amides is 1. The average molecular weight is 357 g/mol. The molecule has 0 unspecified atom stereocenters. The third-order valence-electron chi connectivity index (χ3n) is 5.68. The van der Waals surface area contributed by atoms with E-state index in [0.29, 0.717) is 11.7 Å². The van der Waals surface area contributed by atoms with E-state index in [-0.39, 0.29) is 5.91 Å². The molecule has 1 amide bonds. The Morgan fingerprint density at radius 3 is 2.85 bits per heavy atom. The number of aromatic amines is 1. The minimum absolute atomic E-state index is 0.0861. The number of hydrogen-bond acceptors (Lipinski definition) is 5. The highest BCUT2D eigenvalue weighted by atomic mass is 16.3. The van der Waals surface area contributed by atoms with Gasteiger partial charge in [0.25, 0.3) is 5.91 Å². The molecule has 7 heteroatoms. The number of likely N-dealkylation sites (tertiary alicyclic amines) is 1.